The molecule has 0 aliphatic heterocycles. The predicted octanol–water partition coefficient (Wildman–Crippen LogP) is 0.0351. The van der Waals surface area contributed by atoms with E-state index >= 15 is 0 Å². The van der Waals surface area contributed by atoms with Crippen molar-refractivity contribution in [2.24, 2.45) is 5.90 Å². The van der Waals surface area contributed by atoms with Crippen LogP contribution in [-0.2, 0) is 19.2 Å². The van der Waals surface area contributed by atoms with Gasteiger partial charge in [-0.25, -0.2) is 5.90 Å². The summed E-state index contributed by atoms with van der Waals surface area (Å²) in [4.78, 5) is 24.3. The van der Waals surface area contributed by atoms with E-state index in [0.29, 0.717) is 0 Å². The molecular formula is C7H15NO4. The van der Waals surface area contributed by atoms with Gasteiger partial charge in [-0.05, 0) is 6.92 Å². The second-order valence-electron chi connectivity index (χ2n) is 2.01. The summed E-state index contributed by atoms with van der Waals surface area (Å²) in [5.41, 5.74) is 0. The maximum atomic E-state index is 10.3. The van der Waals surface area contributed by atoms with Gasteiger partial charge >= 0.3 is 5.97 Å². The molecule has 0 saturated heterocycles. The number of methoxy groups -OCH3 is 1. The number of ether oxygens (including phenoxy) is 1. The Morgan fingerprint density at radius 2 is 1.67 bits per heavy atom. The lowest BCUT2D eigenvalue weighted by Crippen LogP contribution is -2.02. The van der Waals surface area contributed by atoms with E-state index in [2.05, 4.69) is 15.5 Å². The third kappa shape index (κ3) is 16.0. The zero-order chi connectivity index (χ0) is 9.98. The Bertz CT molecular complexity index is 135. The number of Topliss-reactive ketones (excluding diaryl/α,β-unsaturated/α-hetero) is 1. The minimum Gasteiger partial charge on any atom is -0.469 e. The molecule has 0 atom stereocenters. The molecule has 12 heavy (non-hydrogen) atoms. The molecule has 72 valence electrons. The molecule has 0 bridgehead atoms. The van der Waals surface area contributed by atoms with Gasteiger partial charge in [-0.3, -0.25) is 4.79 Å². The first-order valence-electron chi connectivity index (χ1n) is 3.37. The topological polar surface area (TPSA) is 78.6 Å². The summed E-state index contributed by atoms with van der Waals surface area (Å²) in [5, 5.41) is 0. The van der Waals surface area contributed by atoms with Crippen LogP contribution in [0.1, 0.15) is 19.8 Å². The summed E-state index contributed by atoms with van der Waals surface area (Å²) < 4.78 is 4.31. The fraction of sp³-hybridized carbons (Fsp3) is 0.714. The molecule has 0 heterocycles. The Balaban J connectivity index is 0. The highest BCUT2D eigenvalue weighted by Gasteiger charge is 2.00. The second-order valence-corrected chi connectivity index (χ2v) is 2.01. The average molecular weight is 177 g/mol. The smallest absolute Gasteiger partial charge is 0.305 e. The van der Waals surface area contributed by atoms with E-state index < -0.39 is 0 Å². The molecule has 5 nitrogen and oxygen atoms in total. The quantitative estimate of drug-likeness (QED) is 0.486. The fourth-order valence-electron chi connectivity index (χ4n) is 0.380. The highest BCUT2D eigenvalue weighted by Crippen LogP contribution is 1.91. The van der Waals surface area contributed by atoms with E-state index in [1.165, 1.54) is 21.1 Å². The van der Waals surface area contributed by atoms with Gasteiger partial charge in [0.2, 0.25) is 0 Å². The summed E-state index contributed by atoms with van der Waals surface area (Å²) in [7, 11) is 2.71. The maximum Gasteiger partial charge on any atom is 0.305 e. The standard InChI is InChI=1S/C6H10O3.CH5NO/c1-5(7)3-4-6(8)9-2;1-3-2/h3-4H2,1-2H3;2H2,1H3. The van der Waals surface area contributed by atoms with Gasteiger partial charge in [0.25, 0.3) is 0 Å². The number of hydrogen-bond acceptors (Lipinski definition) is 5. The molecule has 0 fully saturated rings. The fourth-order valence-corrected chi connectivity index (χ4v) is 0.380. The molecule has 0 aromatic heterocycles. The van der Waals surface area contributed by atoms with Crippen molar-refractivity contribution in [3.05, 3.63) is 0 Å². The van der Waals surface area contributed by atoms with Crippen LogP contribution in [-0.4, -0.2) is 26.0 Å². The van der Waals surface area contributed by atoms with E-state index in [0.717, 1.165) is 0 Å². The minimum atomic E-state index is -0.329. The normalized spacial score (nSPS) is 8.00. The Hall–Kier alpha value is -0.940. The van der Waals surface area contributed by atoms with E-state index in [1.807, 2.05) is 0 Å². The van der Waals surface area contributed by atoms with Gasteiger partial charge in [-0.15, -0.1) is 0 Å². The molecule has 0 unspecified atom stereocenters. The first kappa shape index (κ1) is 13.6. The van der Waals surface area contributed by atoms with Crippen LogP contribution in [0, 0.1) is 0 Å². The molecule has 0 spiro atoms. The molecular weight excluding hydrogens is 162 g/mol. The summed E-state index contributed by atoms with van der Waals surface area (Å²) in [6, 6.07) is 0. The van der Waals surface area contributed by atoms with Gasteiger partial charge in [0.1, 0.15) is 5.78 Å². The molecule has 0 aromatic carbocycles. The maximum absolute atomic E-state index is 10.3. The molecule has 5 heteroatoms. The largest absolute Gasteiger partial charge is 0.469 e. The third-order valence-electron chi connectivity index (χ3n) is 0.909. The van der Waals surface area contributed by atoms with Crippen LogP contribution in [0.25, 0.3) is 0 Å². The van der Waals surface area contributed by atoms with Gasteiger partial charge in [0, 0.05) is 6.42 Å². The molecule has 0 radical (unpaired) electrons. The van der Waals surface area contributed by atoms with Crippen LogP contribution >= 0.6 is 0 Å². The van der Waals surface area contributed by atoms with Gasteiger partial charge in [0.15, 0.2) is 0 Å². The monoisotopic (exact) mass is 177 g/mol. The van der Waals surface area contributed by atoms with Crippen molar-refractivity contribution in [3.8, 4) is 0 Å². The molecule has 0 aliphatic carbocycles. The van der Waals surface area contributed by atoms with Crippen molar-refractivity contribution < 1.29 is 19.2 Å². The number of rotatable bonds is 3. The van der Waals surface area contributed by atoms with E-state index in [1.54, 1.807) is 0 Å². The van der Waals surface area contributed by atoms with Crippen LogP contribution in [0.2, 0.25) is 0 Å². The Morgan fingerprint density at radius 1 is 1.25 bits per heavy atom. The van der Waals surface area contributed by atoms with Crippen LogP contribution in [0.3, 0.4) is 0 Å². The van der Waals surface area contributed by atoms with Crippen LogP contribution < -0.4 is 5.90 Å². The number of esters is 1. The molecule has 0 rings (SSSR count). The number of carbonyl (C=O) groups excluding carboxylic acids is 2. The van der Waals surface area contributed by atoms with Gasteiger partial charge in [-0.1, -0.05) is 0 Å². The van der Waals surface area contributed by atoms with Gasteiger partial charge in [0.05, 0.1) is 20.6 Å². The van der Waals surface area contributed by atoms with Gasteiger partial charge in [-0.2, -0.15) is 0 Å². The van der Waals surface area contributed by atoms with Crippen LogP contribution in [0.15, 0.2) is 0 Å². The van der Waals surface area contributed by atoms with Gasteiger partial charge < -0.3 is 14.4 Å². The highest BCUT2D eigenvalue weighted by molar-refractivity contribution is 5.80. The Kier molecular flexibility index (Phi) is 11.4. The summed E-state index contributed by atoms with van der Waals surface area (Å²) in [5.74, 6) is 4.03. The van der Waals surface area contributed by atoms with Crippen molar-refractivity contribution in [1.29, 1.82) is 0 Å². The third-order valence-corrected chi connectivity index (χ3v) is 0.909. The summed E-state index contributed by atoms with van der Waals surface area (Å²) >= 11 is 0. The summed E-state index contributed by atoms with van der Waals surface area (Å²) in [6.45, 7) is 1.45. The molecule has 0 saturated carbocycles. The van der Waals surface area contributed by atoms with Crippen LogP contribution in [0.5, 0.6) is 0 Å². The van der Waals surface area contributed by atoms with E-state index in [4.69, 9.17) is 0 Å². The lowest BCUT2D eigenvalue weighted by atomic mass is 10.2. The van der Waals surface area contributed by atoms with Crippen molar-refractivity contribution in [1.82, 2.24) is 0 Å². The van der Waals surface area contributed by atoms with E-state index in [-0.39, 0.29) is 24.6 Å². The first-order valence-corrected chi connectivity index (χ1v) is 3.37. The van der Waals surface area contributed by atoms with Crippen molar-refractivity contribution in [3.63, 3.8) is 0 Å². The SMILES string of the molecule is COC(=O)CCC(C)=O.CON. The number of carbonyl (C=O) groups is 2. The number of ketones is 1. The molecule has 0 aliphatic rings. The first-order chi connectivity index (χ1) is 5.58. The lowest BCUT2D eigenvalue weighted by molar-refractivity contribution is -0.141. The second kappa shape index (κ2) is 10.1. The van der Waals surface area contributed by atoms with Crippen molar-refractivity contribution in [2.75, 3.05) is 14.2 Å². The number of hydrogen-bond donors (Lipinski definition) is 1. The zero-order valence-corrected chi connectivity index (χ0v) is 7.62. The highest BCUT2D eigenvalue weighted by atomic mass is 16.6. The number of nitrogens with two attached hydrogens (primary N) is 1. The van der Waals surface area contributed by atoms with Crippen LogP contribution in [0.4, 0.5) is 0 Å². The summed E-state index contributed by atoms with van der Waals surface area (Å²) in [6.07, 6.45) is 0.485. The molecule has 2 N–H and O–H groups in total. The predicted molar refractivity (Wildman–Crippen MR) is 43.1 cm³/mol. The Morgan fingerprint density at radius 3 is 1.92 bits per heavy atom. The average Bonchev–Trinajstić information content (AvgIpc) is 2.01. The Labute approximate surface area is 71.8 Å². The van der Waals surface area contributed by atoms with Crippen molar-refractivity contribution in [2.45, 2.75) is 19.8 Å². The molecule has 0 aromatic rings. The van der Waals surface area contributed by atoms with Crippen molar-refractivity contribution >= 4 is 11.8 Å². The van der Waals surface area contributed by atoms with E-state index in [9.17, 15) is 9.59 Å². The minimum absolute atomic E-state index is 0.0143. The lowest BCUT2D eigenvalue weighted by Gasteiger charge is -1.93. The zero-order valence-electron chi connectivity index (χ0n) is 7.62. The molecule has 0 amide bonds.